The molecule has 2 fully saturated rings. The van der Waals surface area contributed by atoms with E-state index in [0.717, 1.165) is 25.7 Å². The number of carbonyl (C=O) groups is 3. The molecule has 0 aromatic heterocycles. The molecule has 5 heteroatoms. The topological polar surface area (TPSA) is 54.5 Å². The van der Waals surface area contributed by atoms with Crippen LogP contribution in [0, 0.1) is 11.8 Å². The van der Waals surface area contributed by atoms with Crippen LogP contribution in [0.25, 0.3) is 0 Å². The maximum Gasteiger partial charge on any atom is 0.295 e. The molecule has 1 amide bonds. The van der Waals surface area contributed by atoms with E-state index in [1.54, 1.807) is 24.3 Å². The Balaban J connectivity index is 2.01. The molecule has 3 rings (SSSR count). The molecule has 0 radical (unpaired) electrons. The van der Waals surface area contributed by atoms with Crippen LogP contribution in [0.2, 0.25) is 5.02 Å². The second-order valence-electron chi connectivity index (χ2n) is 6.68. The summed E-state index contributed by atoms with van der Waals surface area (Å²) in [5.41, 5.74) is 1.82. The second-order valence-corrected chi connectivity index (χ2v) is 7.12. The third kappa shape index (κ3) is 2.91. The lowest BCUT2D eigenvalue weighted by atomic mass is 9.76. The average Bonchev–Trinajstić information content (AvgIpc) is 2.81. The second kappa shape index (κ2) is 6.52. The highest BCUT2D eigenvalue weighted by Crippen LogP contribution is 2.40. The number of Topliss-reactive ketones (excluding diaryl/α,β-unsaturated/α-hetero) is 2. The number of amides is 1. The maximum absolute atomic E-state index is 12.6. The van der Waals surface area contributed by atoms with Crippen LogP contribution in [0.3, 0.4) is 0 Å². The van der Waals surface area contributed by atoms with E-state index < -0.39 is 23.7 Å². The van der Waals surface area contributed by atoms with E-state index in [4.69, 9.17) is 11.6 Å². The van der Waals surface area contributed by atoms with Crippen molar-refractivity contribution in [2.75, 3.05) is 4.90 Å². The van der Waals surface area contributed by atoms with Crippen molar-refractivity contribution in [2.24, 2.45) is 11.8 Å². The van der Waals surface area contributed by atoms with Gasteiger partial charge in [-0.05, 0) is 62.8 Å². The highest BCUT2D eigenvalue weighted by Gasteiger charge is 2.53. The number of rotatable bonds is 3. The SMILES string of the molecule is C=C1CCC(C2C(C(C)=O)C(=O)C(=O)N2c2ccc(Cl)cc2)CC1. The van der Waals surface area contributed by atoms with Crippen molar-refractivity contribution >= 4 is 34.8 Å². The number of nitrogens with zero attached hydrogens (tertiary/aromatic N) is 1. The van der Waals surface area contributed by atoms with E-state index >= 15 is 0 Å². The van der Waals surface area contributed by atoms with Gasteiger partial charge in [0.25, 0.3) is 5.91 Å². The summed E-state index contributed by atoms with van der Waals surface area (Å²) in [6.07, 6.45) is 3.45. The molecule has 2 aliphatic rings. The standard InChI is InChI=1S/C19H20ClNO3/c1-11-3-5-13(6-4-11)17-16(12(2)22)18(23)19(24)21(17)15-9-7-14(20)8-10-15/h7-10,13,16-17H,1,3-6H2,2H3. The molecule has 1 saturated heterocycles. The van der Waals surface area contributed by atoms with Gasteiger partial charge in [0.2, 0.25) is 5.78 Å². The molecule has 0 bridgehead atoms. The Bertz CT molecular complexity index is 700. The summed E-state index contributed by atoms with van der Waals surface area (Å²) >= 11 is 5.93. The Kier molecular flexibility index (Phi) is 4.59. The third-order valence-corrected chi connectivity index (χ3v) is 5.37. The van der Waals surface area contributed by atoms with Crippen LogP contribution >= 0.6 is 11.6 Å². The largest absolute Gasteiger partial charge is 0.301 e. The number of hydrogen-bond donors (Lipinski definition) is 0. The molecule has 2 atom stereocenters. The van der Waals surface area contributed by atoms with Gasteiger partial charge in [-0.15, -0.1) is 0 Å². The van der Waals surface area contributed by atoms with E-state index in [0.29, 0.717) is 10.7 Å². The zero-order chi connectivity index (χ0) is 17.4. The Hall–Kier alpha value is -1.94. The molecular formula is C19H20ClNO3. The van der Waals surface area contributed by atoms with Crippen molar-refractivity contribution < 1.29 is 14.4 Å². The molecule has 1 heterocycles. The molecule has 1 aromatic carbocycles. The number of ketones is 2. The minimum Gasteiger partial charge on any atom is -0.301 e. The zero-order valence-electron chi connectivity index (χ0n) is 13.6. The van der Waals surface area contributed by atoms with Gasteiger partial charge in [-0.3, -0.25) is 14.4 Å². The molecule has 1 saturated carbocycles. The van der Waals surface area contributed by atoms with Crippen molar-refractivity contribution in [3.63, 3.8) is 0 Å². The van der Waals surface area contributed by atoms with Crippen molar-refractivity contribution in [3.8, 4) is 0 Å². The molecule has 126 valence electrons. The Morgan fingerprint density at radius 3 is 2.29 bits per heavy atom. The number of benzene rings is 1. The van der Waals surface area contributed by atoms with Gasteiger partial charge >= 0.3 is 0 Å². The van der Waals surface area contributed by atoms with Crippen molar-refractivity contribution in [1.29, 1.82) is 0 Å². The lowest BCUT2D eigenvalue weighted by Crippen LogP contribution is -2.43. The van der Waals surface area contributed by atoms with Gasteiger partial charge < -0.3 is 4.90 Å². The molecule has 1 aliphatic heterocycles. The predicted molar refractivity (Wildman–Crippen MR) is 93.0 cm³/mol. The summed E-state index contributed by atoms with van der Waals surface area (Å²) < 4.78 is 0. The van der Waals surface area contributed by atoms with Crippen LogP contribution in [0.4, 0.5) is 5.69 Å². The van der Waals surface area contributed by atoms with Gasteiger partial charge in [0.05, 0.1) is 6.04 Å². The molecular weight excluding hydrogens is 326 g/mol. The van der Waals surface area contributed by atoms with Crippen molar-refractivity contribution in [1.82, 2.24) is 0 Å². The zero-order valence-corrected chi connectivity index (χ0v) is 14.4. The lowest BCUT2D eigenvalue weighted by molar-refractivity contribution is -0.138. The Labute approximate surface area is 146 Å². The van der Waals surface area contributed by atoms with Crippen molar-refractivity contribution in [2.45, 2.75) is 38.6 Å². The summed E-state index contributed by atoms with van der Waals surface area (Å²) in [5, 5.41) is 0.561. The van der Waals surface area contributed by atoms with Gasteiger partial charge in [-0.1, -0.05) is 23.8 Å². The van der Waals surface area contributed by atoms with E-state index in [-0.39, 0.29) is 11.7 Å². The smallest absolute Gasteiger partial charge is 0.295 e. The third-order valence-electron chi connectivity index (χ3n) is 5.11. The van der Waals surface area contributed by atoms with Gasteiger partial charge in [-0.25, -0.2) is 0 Å². The van der Waals surface area contributed by atoms with E-state index in [1.165, 1.54) is 17.4 Å². The first kappa shape index (κ1) is 16.9. The summed E-state index contributed by atoms with van der Waals surface area (Å²) in [6, 6.07) is 6.43. The van der Waals surface area contributed by atoms with E-state index in [2.05, 4.69) is 6.58 Å². The molecule has 1 aromatic rings. The van der Waals surface area contributed by atoms with Crippen LogP contribution in [0.5, 0.6) is 0 Å². The first-order valence-electron chi connectivity index (χ1n) is 8.20. The van der Waals surface area contributed by atoms with E-state index in [1.807, 2.05) is 0 Å². The molecule has 1 aliphatic carbocycles. The lowest BCUT2D eigenvalue weighted by Gasteiger charge is -2.36. The van der Waals surface area contributed by atoms with Gasteiger partial charge in [0, 0.05) is 10.7 Å². The minimum absolute atomic E-state index is 0.121. The summed E-state index contributed by atoms with van der Waals surface area (Å²) in [6.45, 7) is 5.42. The van der Waals surface area contributed by atoms with Crippen LogP contribution in [0.15, 0.2) is 36.4 Å². The highest BCUT2D eigenvalue weighted by atomic mass is 35.5. The fraction of sp³-hybridized carbons (Fsp3) is 0.421. The number of carbonyl (C=O) groups excluding carboxylic acids is 3. The number of allylic oxidation sites excluding steroid dienone is 1. The summed E-state index contributed by atoms with van der Waals surface area (Å²) in [7, 11) is 0. The fourth-order valence-electron chi connectivity index (χ4n) is 3.88. The number of anilines is 1. The van der Waals surface area contributed by atoms with Gasteiger partial charge in [-0.2, -0.15) is 0 Å². The highest BCUT2D eigenvalue weighted by molar-refractivity contribution is 6.48. The Morgan fingerprint density at radius 2 is 1.75 bits per heavy atom. The minimum atomic E-state index is -0.871. The normalized spacial score (nSPS) is 25.4. The number of hydrogen-bond acceptors (Lipinski definition) is 3. The molecule has 24 heavy (non-hydrogen) atoms. The maximum atomic E-state index is 12.6. The first-order chi connectivity index (χ1) is 11.4. The van der Waals surface area contributed by atoms with Crippen LogP contribution in [-0.4, -0.2) is 23.5 Å². The fourth-order valence-corrected chi connectivity index (χ4v) is 4.01. The van der Waals surface area contributed by atoms with Gasteiger partial charge in [0.15, 0.2) is 0 Å². The monoisotopic (exact) mass is 345 g/mol. The first-order valence-corrected chi connectivity index (χ1v) is 8.58. The average molecular weight is 346 g/mol. The predicted octanol–water partition coefficient (Wildman–Crippen LogP) is 3.58. The Morgan fingerprint density at radius 1 is 1.17 bits per heavy atom. The number of halogens is 1. The molecule has 4 nitrogen and oxygen atoms in total. The molecule has 2 unspecified atom stereocenters. The van der Waals surface area contributed by atoms with Crippen LogP contribution in [0.1, 0.15) is 32.6 Å². The summed E-state index contributed by atoms with van der Waals surface area (Å²) in [5.74, 6) is -2.17. The molecule has 0 N–H and O–H groups in total. The van der Waals surface area contributed by atoms with Crippen molar-refractivity contribution in [3.05, 3.63) is 41.4 Å². The molecule has 0 spiro atoms. The van der Waals surface area contributed by atoms with Crippen LogP contribution in [-0.2, 0) is 14.4 Å². The quantitative estimate of drug-likeness (QED) is 0.478. The summed E-state index contributed by atoms with van der Waals surface area (Å²) in [4.78, 5) is 38.7. The van der Waals surface area contributed by atoms with E-state index in [9.17, 15) is 14.4 Å². The van der Waals surface area contributed by atoms with Gasteiger partial charge in [0.1, 0.15) is 11.7 Å². The van der Waals surface area contributed by atoms with Crippen LogP contribution < -0.4 is 4.90 Å².